The third-order valence-corrected chi connectivity index (χ3v) is 8.27. The predicted octanol–water partition coefficient (Wildman–Crippen LogP) is 4.61. The van der Waals surface area contributed by atoms with Crippen LogP contribution < -0.4 is 0 Å². The summed E-state index contributed by atoms with van der Waals surface area (Å²) >= 11 is 0. The van der Waals surface area contributed by atoms with E-state index in [-0.39, 0.29) is 34.7 Å². The van der Waals surface area contributed by atoms with Gasteiger partial charge in [-0.3, -0.25) is 9.59 Å². The van der Waals surface area contributed by atoms with Crippen molar-refractivity contribution in [2.45, 2.75) is 53.1 Å². The Labute approximate surface area is 149 Å². The summed E-state index contributed by atoms with van der Waals surface area (Å²) in [6.07, 6.45) is 4.19. The molecule has 0 aliphatic heterocycles. The van der Waals surface area contributed by atoms with E-state index in [1.54, 1.807) is 12.2 Å². The normalized spacial score (nSPS) is 49.2. The minimum atomic E-state index is -1.32. The van der Waals surface area contributed by atoms with Crippen molar-refractivity contribution in [1.82, 2.24) is 0 Å². The topological polar surface area (TPSA) is 34.1 Å². The highest BCUT2D eigenvalue weighted by Crippen LogP contribution is 2.67. The number of carbonyl (C=O) groups excluding carboxylic acids is 2. The van der Waals surface area contributed by atoms with Gasteiger partial charge in [0.05, 0.1) is 0 Å². The fourth-order valence-electron chi connectivity index (χ4n) is 6.63. The van der Waals surface area contributed by atoms with Crippen LogP contribution in [0.4, 0.5) is 4.39 Å². The van der Waals surface area contributed by atoms with E-state index < -0.39 is 11.6 Å². The van der Waals surface area contributed by atoms with Crippen molar-refractivity contribution < 1.29 is 14.0 Å². The highest BCUT2D eigenvalue weighted by molar-refractivity contribution is 6.02. The third kappa shape index (κ3) is 1.90. The van der Waals surface area contributed by atoms with Gasteiger partial charge in [0, 0.05) is 10.8 Å². The standard InChI is InChI=1S/C22H27FO2/c1-11-8-14(24)9-16-12(2)13(3)19-15(22(11,16)5)6-7-21(4)17(19)10-18(23)20(21)25/h8-9,13,15,17-19H,2,6-7,10H2,1,3-5H3/t13?,15-,17-,18?,19+,21-,22+/m0/s1. The molecule has 4 aliphatic carbocycles. The Morgan fingerprint density at radius 2 is 1.88 bits per heavy atom. The van der Waals surface area contributed by atoms with Crippen LogP contribution in [0, 0.1) is 34.5 Å². The van der Waals surface area contributed by atoms with Gasteiger partial charge in [0.15, 0.2) is 17.7 Å². The summed E-state index contributed by atoms with van der Waals surface area (Å²) in [6.45, 7) is 12.7. The van der Waals surface area contributed by atoms with Crippen LogP contribution in [0.1, 0.15) is 47.0 Å². The largest absolute Gasteiger partial charge is 0.296 e. The van der Waals surface area contributed by atoms with Gasteiger partial charge in [-0.15, -0.1) is 0 Å². The van der Waals surface area contributed by atoms with Crippen molar-refractivity contribution in [3.8, 4) is 0 Å². The molecule has 4 aliphatic rings. The molecule has 134 valence electrons. The molecule has 3 heteroatoms. The number of rotatable bonds is 0. The van der Waals surface area contributed by atoms with Crippen LogP contribution in [-0.2, 0) is 9.59 Å². The van der Waals surface area contributed by atoms with E-state index in [1.165, 1.54) is 0 Å². The first kappa shape index (κ1) is 16.9. The number of halogens is 1. The van der Waals surface area contributed by atoms with Gasteiger partial charge in [-0.05, 0) is 73.2 Å². The highest BCUT2D eigenvalue weighted by Gasteiger charge is 2.64. The molecule has 2 unspecified atom stereocenters. The maximum absolute atomic E-state index is 14.4. The molecule has 0 amide bonds. The molecule has 3 saturated carbocycles. The monoisotopic (exact) mass is 342 g/mol. The Morgan fingerprint density at radius 3 is 2.56 bits per heavy atom. The number of hydrogen-bond donors (Lipinski definition) is 0. The van der Waals surface area contributed by atoms with Gasteiger partial charge in [-0.1, -0.05) is 32.9 Å². The van der Waals surface area contributed by atoms with Gasteiger partial charge in [0.1, 0.15) is 0 Å². The summed E-state index contributed by atoms with van der Waals surface area (Å²) < 4.78 is 14.4. The minimum absolute atomic E-state index is 0.0392. The molecule has 7 atom stereocenters. The number of allylic oxidation sites excluding steroid dienone is 5. The van der Waals surface area contributed by atoms with E-state index in [4.69, 9.17) is 0 Å². The summed E-state index contributed by atoms with van der Waals surface area (Å²) in [4.78, 5) is 24.6. The molecule has 0 radical (unpaired) electrons. The lowest BCUT2D eigenvalue weighted by Gasteiger charge is -2.59. The molecule has 0 spiro atoms. The smallest absolute Gasteiger partial charge is 0.178 e. The van der Waals surface area contributed by atoms with Crippen molar-refractivity contribution in [3.63, 3.8) is 0 Å². The van der Waals surface area contributed by atoms with Crippen LogP contribution in [0.2, 0.25) is 0 Å². The predicted molar refractivity (Wildman–Crippen MR) is 95.6 cm³/mol. The number of ketones is 2. The van der Waals surface area contributed by atoms with Gasteiger partial charge >= 0.3 is 0 Å². The van der Waals surface area contributed by atoms with Gasteiger partial charge in [-0.25, -0.2) is 4.39 Å². The third-order valence-electron chi connectivity index (χ3n) is 8.27. The Bertz CT molecular complexity index is 760. The van der Waals surface area contributed by atoms with Crippen molar-refractivity contribution in [2.75, 3.05) is 0 Å². The van der Waals surface area contributed by atoms with Crippen LogP contribution in [0.3, 0.4) is 0 Å². The summed E-state index contributed by atoms with van der Waals surface area (Å²) in [7, 11) is 0. The van der Waals surface area contributed by atoms with E-state index in [0.29, 0.717) is 12.3 Å². The zero-order valence-electron chi connectivity index (χ0n) is 15.6. The van der Waals surface area contributed by atoms with Gasteiger partial charge in [0.25, 0.3) is 0 Å². The van der Waals surface area contributed by atoms with Crippen LogP contribution in [0.5, 0.6) is 0 Å². The highest BCUT2D eigenvalue weighted by atomic mass is 19.1. The maximum atomic E-state index is 14.4. The minimum Gasteiger partial charge on any atom is -0.296 e. The molecular formula is C22H27FO2. The Balaban J connectivity index is 1.85. The summed E-state index contributed by atoms with van der Waals surface area (Å²) in [5.74, 6) is 0.674. The molecule has 0 aromatic heterocycles. The van der Waals surface area contributed by atoms with Crippen molar-refractivity contribution in [2.24, 2.45) is 34.5 Å². The molecule has 25 heavy (non-hydrogen) atoms. The first-order valence-electron chi connectivity index (χ1n) is 9.45. The van der Waals surface area contributed by atoms with E-state index in [1.807, 2.05) is 13.8 Å². The van der Waals surface area contributed by atoms with Crippen LogP contribution in [-0.4, -0.2) is 17.7 Å². The maximum Gasteiger partial charge on any atom is 0.178 e. The average molecular weight is 342 g/mol. The molecule has 0 aromatic carbocycles. The number of alkyl halides is 1. The lowest BCUT2D eigenvalue weighted by Crippen LogP contribution is -2.54. The van der Waals surface area contributed by atoms with Gasteiger partial charge in [-0.2, -0.15) is 0 Å². The number of Topliss-reactive ketones (excluding diaryl/α,β-unsaturated/α-hetero) is 1. The van der Waals surface area contributed by atoms with E-state index >= 15 is 0 Å². The number of fused-ring (bicyclic) bond motifs is 5. The van der Waals surface area contributed by atoms with Crippen LogP contribution in [0.25, 0.3) is 0 Å². The summed E-state index contributed by atoms with van der Waals surface area (Å²) in [5, 5.41) is 0. The fourth-order valence-corrected chi connectivity index (χ4v) is 6.63. The zero-order chi connectivity index (χ0) is 18.3. The molecular weight excluding hydrogens is 315 g/mol. The SMILES string of the molecule is C=C1C2=CC(=O)C=C(C)[C@]2(C)[C@H]2CC[C@]3(C)C(=O)C(F)C[C@H]3[C@@H]2C1C. The molecule has 0 bridgehead atoms. The Kier molecular flexibility index (Phi) is 3.40. The molecule has 2 nitrogen and oxygen atoms in total. The van der Waals surface area contributed by atoms with Crippen molar-refractivity contribution in [3.05, 3.63) is 35.5 Å². The second kappa shape index (κ2) is 5.02. The van der Waals surface area contributed by atoms with Crippen molar-refractivity contribution >= 4 is 11.6 Å². The van der Waals surface area contributed by atoms with E-state index in [2.05, 4.69) is 20.4 Å². The van der Waals surface area contributed by atoms with Crippen LogP contribution >= 0.6 is 0 Å². The quantitative estimate of drug-likeness (QED) is 0.644. The molecule has 0 heterocycles. The second-order valence-electron chi connectivity index (χ2n) is 9.12. The fraction of sp³-hybridized carbons (Fsp3) is 0.636. The first-order chi connectivity index (χ1) is 11.6. The molecule has 0 N–H and O–H groups in total. The second-order valence-corrected chi connectivity index (χ2v) is 9.12. The molecule has 0 saturated heterocycles. The lowest BCUT2D eigenvalue weighted by atomic mass is 9.44. The first-order valence-corrected chi connectivity index (χ1v) is 9.45. The van der Waals surface area contributed by atoms with Gasteiger partial charge < -0.3 is 0 Å². The van der Waals surface area contributed by atoms with Crippen LogP contribution in [0.15, 0.2) is 35.5 Å². The number of hydrogen-bond acceptors (Lipinski definition) is 2. The summed E-state index contributed by atoms with van der Waals surface area (Å²) in [5.41, 5.74) is 2.40. The number of carbonyl (C=O) groups is 2. The Morgan fingerprint density at radius 1 is 1.20 bits per heavy atom. The average Bonchev–Trinajstić information content (AvgIpc) is 2.78. The van der Waals surface area contributed by atoms with Crippen molar-refractivity contribution in [1.29, 1.82) is 0 Å². The van der Waals surface area contributed by atoms with E-state index in [0.717, 1.165) is 29.6 Å². The Hall–Kier alpha value is -1.51. The zero-order valence-corrected chi connectivity index (χ0v) is 15.6. The molecule has 4 rings (SSSR count). The lowest BCUT2D eigenvalue weighted by molar-refractivity contribution is -0.135. The molecule has 3 fully saturated rings. The summed E-state index contributed by atoms with van der Waals surface area (Å²) in [6, 6.07) is 0. The van der Waals surface area contributed by atoms with E-state index in [9.17, 15) is 14.0 Å². The molecule has 0 aromatic rings. The van der Waals surface area contributed by atoms with Gasteiger partial charge in [0.2, 0.25) is 0 Å².